The van der Waals surface area contributed by atoms with Crippen LogP contribution in [0.1, 0.15) is 13.8 Å². The van der Waals surface area contributed by atoms with Gasteiger partial charge in [-0.15, -0.1) is 0 Å². The third kappa shape index (κ3) is 4.72. The van der Waals surface area contributed by atoms with E-state index in [-0.39, 0.29) is 32.4 Å². The van der Waals surface area contributed by atoms with Crippen molar-refractivity contribution in [2.75, 3.05) is 19.6 Å². The van der Waals surface area contributed by atoms with Crippen LogP contribution in [0.15, 0.2) is 17.0 Å². The fraction of sp³-hybridized carbons (Fsp3) is 0.417. The van der Waals surface area contributed by atoms with Gasteiger partial charge in [-0.1, -0.05) is 34.8 Å². The van der Waals surface area contributed by atoms with Crippen LogP contribution in [-0.4, -0.2) is 38.9 Å². The zero-order valence-electron chi connectivity index (χ0n) is 11.5. The van der Waals surface area contributed by atoms with Gasteiger partial charge in [-0.05, 0) is 26.0 Å². The highest BCUT2D eigenvalue weighted by atomic mass is 35.5. The van der Waals surface area contributed by atoms with E-state index in [0.29, 0.717) is 13.1 Å². The average Bonchev–Trinajstić information content (AvgIpc) is 2.36. The highest BCUT2D eigenvalue weighted by Crippen LogP contribution is 2.32. The number of hydrogen-bond acceptors (Lipinski definition) is 3. The van der Waals surface area contributed by atoms with E-state index in [1.165, 1.54) is 17.0 Å². The van der Waals surface area contributed by atoms with E-state index in [2.05, 4.69) is 4.72 Å². The first-order valence-corrected chi connectivity index (χ1v) is 8.76. The molecule has 118 valence electrons. The van der Waals surface area contributed by atoms with E-state index in [9.17, 15) is 13.2 Å². The highest BCUT2D eigenvalue weighted by molar-refractivity contribution is 7.89. The lowest BCUT2D eigenvalue weighted by atomic mass is 10.4. The summed E-state index contributed by atoms with van der Waals surface area (Å²) < 4.78 is 26.6. The van der Waals surface area contributed by atoms with Gasteiger partial charge in [-0.3, -0.25) is 4.79 Å². The first kappa shape index (κ1) is 18.5. The Hall–Kier alpha value is -0.530. The fourth-order valence-corrected chi connectivity index (χ4v) is 4.22. The van der Waals surface area contributed by atoms with Gasteiger partial charge in [-0.25, -0.2) is 13.1 Å². The van der Waals surface area contributed by atoms with Crippen LogP contribution < -0.4 is 4.72 Å². The van der Waals surface area contributed by atoms with Crippen LogP contribution in [0.25, 0.3) is 0 Å². The summed E-state index contributed by atoms with van der Waals surface area (Å²) in [6.07, 6.45) is 0. The third-order valence-electron chi connectivity index (χ3n) is 2.76. The van der Waals surface area contributed by atoms with E-state index in [1.54, 1.807) is 0 Å². The van der Waals surface area contributed by atoms with Gasteiger partial charge < -0.3 is 4.90 Å². The number of carbonyl (C=O) groups excluding carboxylic acids is 1. The molecule has 21 heavy (non-hydrogen) atoms. The average molecular weight is 374 g/mol. The molecule has 1 amide bonds. The number of halogens is 3. The van der Waals surface area contributed by atoms with Crippen molar-refractivity contribution < 1.29 is 13.2 Å². The first-order chi connectivity index (χ1) is 9.72. The molecule has 0 aromatic heterocycles. The minimum atomic E-state index is -4.00. The SMILES string of the molecule is CCN(CC)C(=O)CNS(=O)(=O)c1c(Cl)cc(Cl)cc1Cl. The van der Waals surface area contributed by atoms with Crippen molar-refractivity contribution >= 4 is 50.7 Å². The molecule has 1 aromatic rings. The van der Waals surface area contributed by atoms with Gasteiger partial charge in [0.25, 0.3) is 0 Å². The number of sulfonamides is 1. The quantitative estimate of drug-likeness (QED) is 0.834. The van der Waals surface area contributed by atoms with E-state index in [1.807, 2.05) is 13.8 Å². The lowest BCUT2D eigenvalue weighted by molar-refractivity contribution is -0.129. The van der Waals surface area contributed by atoms with E-state index in [4.69, 9.17) is 34.8 Å². The molecule has 0 saturated carbocycles. The van der Waals surface area contributed by atoms with Crippen molar-refractivity contribution in [2.24, 2.45) is 0 Å². The van der Waals surface area contributed by atoms with Crippen LogP contribution in [0.4, 0.5) is 0 Å². The zero-order chi connectivity index (χ0) is 16.2. The molecule has 0 unspecified atom stereocenters. The Labute approximate surface area is 139 Å². The Kier molecular flexibility index (Phi) is 6.74. The molecule has 9 heteroatoms. The van der Waals surface area contributed by atoms with Crippen LogP contribution in [0.2, 0.25) is 15.1 Å². The zero-order valence-corrected chi connectivity index (χ0v) is 14.6. The normalized spacial score (nSPS) is 11.5. The highest BCUT2D eigenvalue weighted by Gasteiger charge is 2.23. The van der Waals surface area contributed by atoms with Gasteiger partial charge in [0.15, 0.2) is 0 Å². The maximum Gasteiger partial charge on any atom is 0.244 e. The minimum Gasteiger partial charge on any atom is -0.342 e. The molecule has 0 aliphatic rings. The summed E-state index contributed by atoms with van der Waals surface area (Å²) in [4.78, 5) is 13.0. The van der Waals surface area contributed by atoms with Crippen LogP contribution >= 0.6 is 34.8 Å². The summed E-state index contributed by atoms with van der Waals surface area (Å²) in [5.74, 6) is -0.329. The molecule has 0 atom stereocenters. The molecule has 0 saturated heterocycles. The third-order valence-corrected chi connectivity index (χ3v) is 5.30. The van der Waals surface area contributed by atoms with Gasteiger partial charge in [-0.2, -0.15) is 0 Å². The number of likely N-dealkylation sites (N-methyl/N-ethyl adjacent to an activating group) is 1. The van der Waals surface area contributed by atoms with Crippen LogP contribution in [0, 0.1) is 0 Å². The number of nitrogens with one attached hydrogen (secondary N) is 1. The van der Waals surface area contributed by atoms with Crippen molar-refractivity contribution in [3.63, 3.8) is 0 Å². The summed E-state index contributed by atoms with van der Waals surface area (Å²) >= 11 is 17.5. The molecule has 0 spiro atoms. The van der Waals surface area contributed by atoms with Crippen molar-refractivity contribution in [3.05, 3.63) is 27.2 Å². The molecule has 1 N–H and O–H groups in total. The maximum atomic E-state index is 12.2. The number of nitrogens with zero attached hydrogens (tertiary/aromatic N) is 1. The van der Waals surface area contributed by atoms with Gasteiger partial charge in [0.05, 0.1) is 16.6 Å². The molecule has 1 aromatic carbocycles. The Morgan fingerprint density at radius 1 is 1.14 bits per heavy atom. The predicted octanol–water partition coefficient (Wildman–Crippen LogP) is 2.79. The second-order valence-electron chi connectivity index (χ2n) is 4.09. The molecular weight excluding hydrogens is 359 g/mol. The summed E-state index contributed by atoms with van der Waals surface area (Å²) in [5, 5.41) is 0.0220. The van der Waals surface area contributed by atoms with E-state index < -0.39 is 10.0 Å². The Morgan fingerprint density at radius 2 is 1.62 bits per heavy atom. The van der Waals surface area contributed by atoms with Crippen LogP contribution in [0.5, 0.6) is 0 Å². The second kappa shape index (κ2) is 7.65. The molecule has 0 fully saturated rings. The summed E-state index contributed by atoms with van der Waals surface area (Å²) in [6, 6.07) is 2.55. The second-order valence-corrected chi connectivity index (χ2v) is 7.04. The molecule has 5 nitrogen and oxygen atoms in total. The molecule has 0 radical (unpaired) electrons. The van der Waals surface area contributed by atoms with Gasteiger partial charge >= 0.3 is 0 Å². The van der Waals surface area contributed by atoms with Gasteiger partial charge in [0, 0.05) is 18.1 Å². The lowest BCUT2D eigenvalue weighted by Crippen LogP contribution is -2.40. The largest absolute Gasteiger partial charge is 0.342 e. The van der Waals surface area contributed by atoms with Crippen molar-refractivity contribution in [3.8, 4) is 0 Å². The number of amides is 1. The number of carbonyl (C=O) groups is 1. The van der Waals surface area contributed by atoms with E-state index >= 15 is 0 Å². The number of hydrogen-bond donors (Lipinski definition) is 1. The topological polar surface area (TPSA) is 66.5 Å². The molecular formula is C12H15Cl3N2O3S. The monoisotopic (exact) mass is 372 g/mol. The molecule has 0 aliphatic carbocycles. The number of benzene rings is 1. The molecule has 0 heterocycles. The van der Waals surface area contributed by atoms with Crippen LogP contribution in [-0.2, 0) is 14.8 Å². The van der Waals surface area contributed by atoms with Crippen LogP contribution in [0.3, 0.4) is 0 Å². The Morgan fingerprint density at radius 3 is 2.05 bits per heavy atom. The van der Waals surface area contributed by atoms with Crippen molar-refractivity contribution in [1.29, 1.82) is 0 Å². The molecule has 0 aliphatic heterocycles. The Balaban J connectivity index is 2.96. The summed E-state index contributed by atoms with van der Waals surface area (Å²) in [7, 11) is -4.00. The van der Waals surface area contributed by atoms with Gasteiger partial charge in [0.1, 0.15) is 4.90 Å². The van der Waals surface area contributed by atoms with Crippen molar-refractivity contribution in [2.45, 2.75) is 18.7 Å². The fourth-order valence-electron chi connectivity index (χ4n) is 1.70. The number of rotatable bonds is 6. The molecule has 1 rings (SSSR count). The van der Waals surface area contributed by atoms with Gasteiger partial charge in [0.2, 0.25) is 15.9 Å². The Bertz CT molecular complexity index is 608. The standard InChI is InChI=1S/C12H15Cl3N2O3S/c1-3-17(4-2)11(18)7-16-21(19,20)12-9(14)5-8(13)6-10(12)15/h5-6,16H,3-4,7H2,1-2H3. The summed E-state index contributed by atoms with van der Waals surface area (Å²) in [6.45, 7) is 4.25. The summed E-state index contributed by atoms with van der Waals surface area (Å²) in [5.41, 5.74) is 0. The lowest BCUT2D eigenvalue weighted by Gasteiger charge is -2.19. The molecule has 0 bridgehead atoms. The van der Waals surface area contributed by atoms with Crippen molar-refractivity contribution in [1.82, 2.24) is 9.62 Å². The minimum absolute atomic E-state index is 0.102. The predicted molar refractivity (Wildman–Crippen MR) is 84.6 cm³/mol. The first-order valence-electron chi connectivity index (χ1n) is 6.14. The van der Waals surface area contributed by atoms with E-state index in [0.717, 1.165) is 0 Å². The maximum absolute atomic E-state index is 12.2. The smallest absolute Gasteiger partial charge is 0.244 e.